The van der Waals surface area contributed by atoms with Gasteiger partial charge in [0, 0.05) is 6.04 Å². The summed E-state index contributed by atoms with van der Waals surface area (Å²) >= 11 is 0. The fraction of sp³-hybridized carbons (Fsp3) is 0.429. The highest BCUT2D eigenvalue weighted by molar-refractivity contribution is 5.25. The van der Waals surface area contributed by atoms with Crippen molar-refractivity contribution in [1.29, 1.82) is 0 Å². The third-order valence-electron chi connectivity index (χ3n) is 0.930. The highest BCUT2D eigenvalue weighted by atomic mass is 14.5. The summed E-state index contributed by atoms with van der Waals surface area (Å²) in [6, 6.07) is 2.30. The minimum atomic E-state index is 0.422. The van der Waals surface area contributed by atoms with Gasteiger partial charge in [0.25, 0.3) is 0 Å². The Labute approximate surface area is 50.6 Å². The maximum absolute atomic E-state index is 4.95. The summed E-state index contributed by atoms with van der Waals surface area (Å²) in [5.41, 5.74) is 5.84. The lowest BCUT2D eigenvalue weighted by molar-refractivity contribution is 0.802. The molecule has 1 nitrogen and oxygen atoms in total. The van der Waals surface area contributed by atoms with Crippen molar-refractivity contribution in [2.24, 2.45) is 11.7 Å². The summed E-state index contributed by atoms with van der Waals surface area (Å²) in [5, 5.41) is 0. The second-order valence-corrected chi connectivity index (χ2v) is 1.95. The Kier molecular flexibility index (Phi) is 2.79. The van der Waals surface area contributed by atoms with E-state index in [0.29, 0.717) is 5.92 Å². The molecule has 1 heteroatoms. The van der Waals surface area contributed by atoms with Gasteiger partial charge in [-0.2, -0.15) is 0 Å². The first-order valence-electron chi connectivity index (χ1n) is 2.59. The van der Waals surface area contributed by atoms with Crippen LogP contribution in [0.25, 0.3) is 0 Å². The molecule has 0 aliphatic carbocycles. The van der Waals surface area contributed by atoms with Crippen molar-refractivity contribution in [2.45, 2.75) is 13.8 Å². The molecule has 0 saturated heterocycles. The van der Waals surface area contributed by atoms with Crippen LogP contribution in [0.15, 0.2) is 12.2 Å². The van der Waals surface area contributed by atoms with Gasteiger partial charge in [-0.15, -0.1) is 0 Å². The third kappa shape index (κ3) is 2.30. The van der Waals surface area contributed by atoms with E-state index >= 15 is 0 Å². The lowest BCUT2D eigenvalue weighted by Gasteiger charge is -1.97. The van der Waals surface area contributed by atoms with E-state index in [1.165, 1.54) is 0 Å². The molecule has 0 saturated carbocycles. The van der Waals surface area contributed by atoms with Crippen LogP contribution in [-0.2, 0) is 0 Å². The van der Waals surface area contributed by atoms with E-state index in [-0.39, 0.29) is 0 Å². The van der Waals surface area contributed by atoms with E-state index in [9.17, 15) is 0 Å². The molecular formula is C7H11N. The van der Waals surface area contributed by atoms with Crippen LogP contribution in [0.3, 0.4) is 0 Å². The number of rotatable bonds is 1. The van der Waals surface area contributed by atoms with Gasteiger partial charge in [-0.1, -0.05) is 20.4 Å². The topological polar surface area (TPSA) is 26.0 Å². The van der Waals surface area contributed by atoms with Crippen LogP contribution in [-0.4, -0.2) is 0 Å². The molecule has 0 aromatic heterocycles. The lowest BCUT2D eigenvalue weighted by Crippen LogP contribution is -1.89. The van der Waals surface area contributed by atoms with Gasteiger partial charge in [-0.3, -0.25) is 0 Å². The van der Waals surface area contributed by atoms with Crippen LogP contribution in [0.1, 0.15) is 13.8 Å². The number of allylic oxidation sites excluding steroid dienone is 1. The minimum Gasteiger partial charge on any atom is -0.359 e. The molecule has 0 aromatic carbocycles. The maximum Gasteiger partial charge on any atom is 0.00664 e. The summed E-state index contributed by atoms with van der Waals surface area (Å²) in [5.74, 6) is 3.10. The molecule has 2 N–H and O–H groups in total. The molecule has 0 heterocycles. The van der Waals surface area contributed by atoms with Crippen molar-refractivity contribution in [1.82, 2.24) is 0 Å². The first-order chi connectivity index (χ1) is 3.68. The maximum atomic E-state index is 4.95. The average molecular weight is 109 g/mol. The Balaban J connectivity index is 3.78. The van der Waals surface area contributed by atoms with Crippen LogP contribution in [0.2, 0.25) is 0 Å². The molecule has 0 aromatic rings. The minimum absolute atomic E-state index is 0.422. The Hall–Kier alpha value is -0.900. The van der Waals surface area contributed by atoms with Crippen molar-refractivity contribution < 1.29 is 0 Å². The number of hydrogen-bond donors (Lipinski definition) is 1. The standard InChI is InChI=1S/C7H11N/c1-6(2)7(3)4-5-8/h6H,3,8H2,1-2H3. The predicted octanol–water partition coefficient (Wildman–Crippen LogP) is 1.12. The Bertz CT molecular complexity index is 134. The molecule has 0 bridgehead atoms. The van der Waals surface area contributed by atoms with Gasteiger partial charge in [0.2, 0.25) is 0 Å². The van der Waals surface area contributed by atoms with Gasteiger partial charge in [-0.25, -0.2) is 0 Å². The van der Waals surface area contributed by atoms with Gasteiger partial charge in [0.05, 0.1) is 0 Å². The van der Waals surface area contributed by atoms with E-state index in [2.05, 4.69) is 18.5 Å². The largest absolute Gasteiger partial charge is 0.359 e. The quantitative estimate of drug-likeness (QED) is 0.396. The molecule has 8 heavy (non-hydrogen) atoms. The SMILES string of the molecule is C=C(C#CN)C(C)C. The zero-order valence-electron chi connectivity index (χ0n) is 5.36. The normalized spacial score (nSPS) is 7.88. The molecule has 0 spiro atoms. The average Bonchev–Trinajstić information content (AvgIpc) is 1.67. The molecular weight excluding hydrogens is 98.1 g/mol. The molecule has 0 unspecified atom stereocenters. The Morgan fingerprint density at radius 1 is 1.62 bits per heavy atom. The summed E-state index contributed by atoms with van der Waals surface area (Å²) in [6.45, 7) is 7.76. The fourth-order valence-corrected chi connectivity index (χ4v) is 0.237. The van der Waals surface area contributed by atoms with E-state index < -0.39 is 0 Å². The predicted molar refractivity (Wildman–Crippen MR) is 35.9 cm³/mol. The molecule has 0 radical (unpaired) electrons. The molecule has 44 valence electrons. The summed E-state index contributed by atoms with van der Waals surface area (Å²) in [4.78, 5) is 0. The highest BCUT2D eigenvalue weighted by Crippen LogP contribution is 2.02. The van der Waals surface area contributed by atoms with Gasteiger partial charge in [0.15, 0.2) is 0 Å². The van der Waals surface area contributed by atoms with Crippen molar-refractivity contribution >= 4 is 0 Å². The summed E-state index contributed by atoms with van der Waals surface area (Å²) in [6.07, 6.45) is 0. The first-order valence-corrected chi connectivity index (χ1v) is 2.59. The van der Waals surface area contributed by atoms with Gasteiger partial charge in [0.1, 0.15) is 0 Å². The monoisotopic (exact) mass is 109 g/mol. The van der Waals surface area contributed by atoms with E-state index in [1.54, 1.807) is 0 Å². The van der Waals surface area contributed by atoms with Crippen molar-refractivity contribution in [3.63, 3.8) is 0 Å². The zero-order chi connectivity index (χ0) is 6.57. The summed E-state index contributed by atoms with van der Waals surface area (Å²) < 4.78 is 0. The smallest absolute Gasteiger partial charge is 0.00664 e. The second-order valence-electron chi connectivity index (χ2n) is 1.95. The molecule has 0 amide bonds. The lowest BCUT2D eigenvalue weighted by atomic mass is 10.1. The van der Waals surface area contributed by atoms with E-state index in [0.717, 1.165) is 5.57 Å². The number of hydrogen-bond acceptors (Lipinski definition) is 1. The van der Waals surface area contributed by atoms with Crippen LogP contribution >= 0.6 is 0 Å². The van der Waals surface area contributed by atoms with E-state index in [1.807, 2.05) is 13.8 Å². The van der Waals surface area contributed by atoms with Crippen molar-refractivity contribution in [3.8, 4) is 12.0 Å². The zero-order valence-corrected chi connectivity index (χ0v) is 5.36. The molecule has 0 rings (SSSR count). The molecule has 0 aliphatic rings. The molecule has 0 atom stereocenters. The second kappa shape index (κ2) is 3.15. The van der Waals surface area contributed by atoms with Crippen molar-refractivity contribution in [2.75, 3.05) is 0 Å². The highest BCUT2D eigenvalue weighted by Gasteiger charge is 1.92. The molecule has 0 aliphatic heterocycles. The molecule has 0 fully saturated rings. The van der Waals surface area contributed by atoms with Crippen LogP contribution in [0, 0.1) is 17.9 Å². The van der Waals surface area contributed by atoms with Crippen LogP contribution in [0.5, 0.6) is 0 Å². The first kappa shape index (κ1) is 7.10. The van der Waals surface area contributed by atoms with E-state index in [4.69, 9.17) is 5.73 Å². The van der Waals surface area contributed by atoms with Gasteiger partial charge in [-0.05, 0) is 17.4 Å². The van der Waals surface area contributed by atoms with Crippen LogP contribution < -0.4 is 5.73 Å². The third-order valence-corrected chi connectivity index (χ3v) is 0.930. The van der Waals surface area contributed by atoms with Crippen LogP contribution in [0.4, 0.5) is 0 Å². The van der Waals surface area contributed by atoms with Gasteiger partial charge < -0.3 is 5.73 Å². The van der Waals surface area contributed by atoms with Crippen molar-refractivity contribution in [3.05, 3.63) is 12.2 Å². The Morgan fingerprint density at radius 2 is 2.12 bits per heavy atom. The van der Waals surface area contributed by atoms with Gasteiger partial charge >= 0.3 is 0 Å². The summed E-state index contributed by atoms with van der Waals surface area (Å²) in [7, 11) is 0. The fourth-order valence-electron chi connectivity index (χ4n) is 0.237. The Morgan fingerprint density at radius 3 is 2.25 bits per heavy atom. The number of nitrogens with two attached hydrogens (primary N) is 1.